The molecule has 0 saturated carbocycles. The van der Waals surface area contributed by atoms with Gasteiger partial charge >= 0.3 is 0 Å². The molecule has 0 saturated heterocycles. The minimum atomic E-state index is 0. The van der Waals surface area contributed by atoms with Crippen molar-refractivity contribution in [2.24, 2.45) is 0 Å². The lowest BCUT2D eigenvalue weighted by Crippen LogP contribution is -3.00. The quantitative estimate of drug-likeness (QED) is 0.0454. The third kappa shape index (κ3) is 26.1. The number of halogens is 1. The van der Waals surface area contributed by atoms with Gasteiger partial charge in [0.25, 0.3) is 0 Å². The molecule has 35 heavy (non-hydrogen) atoms. The van der Waals surface area contributed by atoms with Gasteiger partial charge in [-0.1, -0.05) is 137 Å². The normalized spacial score (nSPS) is 11.7. The fourth-order valence-corrected chi connectivity index (χ4v) is 5.76. The summed E-state index contributed by atoms with van der Waals surface area (Å²) in [5.74, 6) is 0. The van der Waals surface area contributed by atoms with Gasteiger partial charge in [-0.3, -0.25) is 0 Å². The third-order valence-corrected chi connectivity index (χ3v) is 8.19. The molecule has 0 amide bonds. The van der Waals surface area contributed by atoms with Crippen LogP contribution in [0, 0.1) is 0 Å². The Kier molecular flexibility index (Phi) is 33.4. The van der Waals surface area contributed by atoms with Gasteiger partial charge in [0.05, 0.1) is 26.2 Å². The predicted octanol–water partition coefficient (Wildman–Crippen LogP) is 8.64. The molecule has 0 bridgehead atoms. The third-order valence-electron chi connectivity index (χ3n) is 8.19. The first-order chi connectivity index (χ1) is 16.7. The highest BCUT2D eigenvalue weighted by molar-refractivity contribution is 4.54. The predicted molar refractivity (Wildman–Crippen MR) is 158 cm³/mol. The summed E-state index contributed by atoms with van der Waals surface area (Å²) in [7, 11) is 0. The Labute approximate surface area is 242 Å². The first-order valence-electron chi connectivity index (χ1n) is 16.6. The molecule has 0 aromatic heterocycles. The second kappa shape index (κ2) is 30.9. The Bertz CT molecular complexity index is 344. The zero-order valence-corrected chi connectivity index (χ0v) is 27.5. The minimum Gasteiger partial charge on any atom is -1.00 e. The van der Waals surface area contributed by atoms with Crippen molar-refractivity contribution in [3.05, 3.63) is 0 Å². The van der Waals surface area contributed by atoms with E-state index in [0.29, 0.717) is 0 Å². The van der Waals surface area contributed by atoms with E-state index >= 15 is 0 Å². The molecule has 0 aliphatic carbocycles. The Morgan fingerprint density at radius 2 is 0.429 bits per heavy atom. The summed E-state index contributed by atoms with van der Waals surface area (Å²) in [4.78, 5) is 0. The van der Waals surface area contributed by atoms with Gasteiger partial charge in [0.15, 0.2) is 0 Å². The first kappa shape index (κ1) is 37.8. The molecule has 0 aromatic carbocycles. The van der Waals surface area contributed by atoms with Crippen LogP contribution in [0.15, 0.2) is 0 Å². The summed E-state index contributed by atoms with van der Waals surface area (Å²) < 4.78 is 1.46. The molecular weight excluding hydrogens is 537 g/mol. The smallest absolute Gasteiger partial charge is 0.0786 e. The second-order valence-corrected chi connectivity index (χ2v) is 11.7. The van der Waals surface area contributed by atoms with Crippen LogP contribution in [0.5, 0.6) is 0 Å². The molecule has 214 valence electrons. The fourth-order valence-electron chi connectivity index (χ4n) is 5.76. The van der Waals surface area contributed by atoms with Crippen molar-refractivity contribution in [3.63, 3.8) is 0 Å². The Hall–Kier alpha value is 0.690. The van der Waals surface area contributed by atoms with Gasteiger partial charge in [-0.15, -0.1) is 0 Å². The summed E-state index contributed by atoms with van der Waals surface area (Å²) in [6.45, 7) is 15.2. The molecule has 1 nitrogen and oxygen atoms in total. The number of hydrogen-bond acceptors (Lipinski definition) is 0. The van der Waals surface area contributed by atoms with E-state index in [1.165, 1.54) is 191 Å². The highest BCUT2D eigenvalue weighted by Crippen LogP contribution is 2.19. The average Bonchev–Trinajstić information content (AvgIpc) is 2.84. The lowest BCUT2D eigenvalue weighted by molar-refractivity contribution is -0.929. The SMILES string of the molecule is CCCCCCCCCCCCCCCCCC[N+](CCCCC)(CCCCC)CCCCC.[I-]. The van der Waals surface area contributed by atoms with E-state index in [2.05, 4.69) is 27.7 Å². The summed E-state index contributed by atoms with van der Waals surface area (Å²) in [5, 5.41) is 0. The van der Waals surface area contributed by atoms with Crippen molar-refractivity contribution in [2.45, 2.75) is 188 Å². The fraction of sp³-hybridized carbons (Fsp3) is 1.00. The highest BCUT2D eigenvalue weighted by atomic mass is 127. The minimum absolute atomic E-state index is 0. The van der Waals surface area contributed by atoms with Crippen LogP contribution in [0.25, 0.3) is 0 Å². The van der Waals surface area contributed by atoms with Crippen LogP contribution < -0.4 is 24.0 Å². The van der Waals surface area contributed by atoms with Crippen LogP contribution in [0.2, 0.25) is 0 Å². The van der Waals surface area contributed by atoms with Crippen LogP contribution in [0.1, 0.15) is 188 Å². The lowest BCUT2D eigenvalue weighted by atomic mass is 10.0. The largest absolute Gasteiger partial charge is 1.00 e. The van der Waals surface area contributed by atoms with E-state index in [9.17, 15) is 0 Å². The van der Waals surface area contributed by atoms with Gasteiger partial charge in [-0.05, 0) is 51.4 Å². The molecule has 0 spiro atoms. The van der Waals surface area contributed by atoms with E-state index in [1.807, 2.05) is 0 Å². The topological polar surface area (TPSA) is 0 Å². The summed E-state index contributed by atoms with van der Waals surface area (Å²) in [5.41, 5.74) is 0. The summed E-state index contributed by atoms with van der Waals surface area (Å²) in [6.07, 6.45) is 36.3. The zero-order valence-electron chi connectivity index (χ0n) is 25.3. The van der Waals surface area contributed by atoms with E-state index in [4.69, 9.17) is 0 Å². The Morgan fingerprint density at radius 3 is 0.686 bits per heavy atom. The summed E-state index contributed by atoms with van der Waals surface area (Å²) in [6, 6.07) is 0. The molecule has 2 heteroatoms. The van der Waals surface area contributed by atoms with Gasteiger partial charge < -0.3 is 28.5 Å². The second-order valence-electron chi connectivity index (χ2n) is 11.7. The maximum Gasteiger partial charge on any atom is 0.0786 e. The summed E-state index contributed by atoms with van der Waals surface area (Å²) >= 11 is 0. The van der Waals surface area contributed by atoms with Crippen molar-refractivity contribution in [3.8, 4) is 0 Å². The molecule has 0 radical (unpaired) electrons. The standard InChI is InChI=1S/C33H70N.HI/c1-5-9-13-14-15-16-17-18-19-20-21-22-23-24-25-29-33-34(30-26-10-6-2,31-27-11-7-3)32-28-12-8-4;/h5-33H2,1-4H3;1H/q+1;/p-1. The average molecular weight is 608 g/mol. The molecule has 0 unspecified atom stereocenters. The van der Waals surface area contributed by atoms with Crippen LogP contribution in [0.4, 0.5) is 0 Å². The monoisotopic (exact) mass is 607 g/mol. The maximum absolute atomic E-state index is 2.36. The highest BCUT2D eigenvalue weighted by Gasteiger charge is 2.25. The van der Waals surface area contributed by atoms with Crippen LogP contribution in [-0.4, -0.2) is 30.7 Å². The zero-order chi connectivity index (χ0) is 25.0. The van der Waals surface area contributed by atoms with Crippen molar-refractivity contribution >= 4 is 0 Å². The van der Waals surface area contributed by atoms with Gasteiger partial charge in [-0.2, -0.15) is 0 Å². The lowest BCUT2D eigenvalue weighted by Gasteiger charge is -2.39. The van der Waals surface area contributed by atoms with Crippen molar-refractivity contribution in [1.82, 2.24) is 0 Å². The molecule has 0 aliphatic rings. The molecular formula is C33H70IN. The van der Waals surface area contributed by atoms with Crippen molar-refractivity contribution < 1.29 is 28.5 Å². The van der Waals surface area contributed by atoms with Gasteiger partial charge in [0.2, 0.25) is 0 Å². The van der Waals surface area contributed by atoms with Gasteiger partial charge in [0, 0.05) is 0 Å². The van der Waals surface area contributed by atoms with E-state index in [-0.39, 0.29) is 24.0 Å². The molecule has 0 aromatic rings. The van der Waals surface area contributed by atoms with Crippen LogP contribution >= 0.6 is 0 Å². The van der Waals surface area contributed by atoms with E-state index < -0.39 is 0 Å². The number of unbranched alkanes of at least 4 members (excludes halogenated alkanes) is 21. The number of rotatable bonds is 29. The number of nitrogens with zero attached hydrogens (tertiary/aromatic N) is 1. The molecule has 0 rings (SSSR count). The number of hydrogen-bond donors (Lipinski definition) is 0. The van der Waals surface area contributed by atoms with Gasteiger partial charge in [0.1, 0.15) is 0 Å². The molecule has 0 N–H and O–H groups in total. The maximum atomic E-state index is 2.36. The molecule has 0 heterocycles. The van der Waals surface area contributed by atoms with E-state index in [1.54, 1.807) is 0 Å². The molecule has 0 aliphatic heterocycles. The molecule has 0 atom stereocenters. The van der Waals surface area contributed by atoms with Gasteiger partial charge in [-0.25, -0.2) is 0 Å². The van der Waals surface area contributed by atoms with Crippen LogP contribution in [0.3, 0.4) is 0 Å². The van der Waals surface area contributed by atoms with Crippen molar-refractivity contribution in [2.75, 3.05) is 26.2 Å². The first-order valence-corrected chi connectivity index (χ1v) is 16.6. The molecule has 0 fully saturated rings. The van der Waals surface area contributed by atoms with Crippen molar-refractivity contribution in [1.29, 1.82) is 0 Å². The van der Waals surface area contributed by atoms with Crippen LogP contribution in [-0.2, 0) is 0 Å². The van der Waals surface area contributed by atoms with E-state index in [0.717, 1.165) is 0 Å². The Morgan fingerprint density at radius 1 is 0.257 bits per heavy atom. The Balaban J connectivity index is 0. The number of quaternary nitrogens is 1.